The number of fused-ring (bicyclic) bond motifs is 1. The quantitative estimate of drug-likeness (QED) is 0.445. The first-order valence-corrected chi connectivity index (χ1v) is 12.2. The Morgan fingerprint density at radius 3 is 2.49 bits per heavy atom. The van der Waals surface area contributed by atoms with Crippen LogP contribution in [0.1, 0.15) is 19.4 Å². The van der Waals surface area contributed by atoms with Crippen molar-refractivity contribution in [1.82, 2.24) is 4.90 Å². The normalized spacial score (nSPS) is 17.3. The van der Waals surface area contributed by atoms with Crippen LogP contribution in [0.25, 0.3) is 5.57 Å². The van der Waals surface area contributed by atoms with Gasteiger partial charge < -0.3 is 14.8 Å². The van der Waals surface area contributed by atoms with Gasteiger partial charge in [-0.1, -0.05) is 56.0 Å². The monoisotopic (exact) mass is 511 g/mol. The fraction of sp³-hybridized carbons (Fsp3) is 0.280. The van der Waals surface area contributed by atoms with Crippen molar-refractivity contribution in [3.63, 3.8) is 0 Å². The van der Waals surface area contributed by atoms with E-state index >= 15 is 0 Å². The molecule has 1 saturated heterocycles. The number of para-hydroxylation sites is 1. The number of hydrogen-bond acceptors (Lipinski definition) is 7. The lowest BCUT2D eigenvalue weighted by Gasteiger charge is -2.18. The predicted octanol–water partition coefficient (Wildman–Crippen LogP) is 3.92. The van der Waals surface area contributed by atoms with Crippen molar-refractivity contribution < 1.29 is 23.9 Å². The molecule has 4 rings (SSSR count). The van der Waals surface area contributed by atoms with Crippen molar-refractivity contribution in [2.75, 3.05) is 37.5 Å². The smallest absolute Gasteiger partial charge is 0.267 e. The highest BCUT2D eigenvalue weighted by atomic mass is 32.2. The largest absolute Gasteiger partial charge is 0.497 e. The van der Waals surface area contributed by atoms with Gasteiger partial charge in [-0.3, -0.25) is 24.2 Å². The second kappa shape index (κ2) is 10.1. The molecule has 2 aromatic carbocycles. The maximum absolute atomic E-state index is 13.5. The number of amides is 3. The molecule has 35 heavy (non-hydrogen) atoms. The van der Waals surface area contributed by atoms with Crippen LogP contribution in [0.3, 0.4) is 0 Å². The summed E-state index contributed by atoms with van der Waals surface area (Å²) in [4.78, 5) is 42.9. The summed E-state index contributed by atoms with van der Waals surface area (Å²) in [7, 11) is 3.03. The van der Waals surface area contributed by atoms with Crippen molar-refractivity contribution in [3.8, 4) is 11.5 Å². The number of benzene rings is 2. The number of anilines is 2. The number of methoxy groups -OCH3 is 2. The standard InChI is InChI=1S/C25H25N3O5S2/c1-14(2)12-28-24(31)22(35-25(28)34)21-16-7-5-6-8-18(16)27(23(21)30)13-20(29)26-17-10-9-15(32-3)11-19(17)33-4/h5-11,14H,12-13H2,1-4H3,(H,26,29)/b22-21-. The van der Waals surface area contributed by atoms with E-state index in [9.17, 15) is 14.4 Å². The Labute approximate surface area is 213 Å². The molecule has 2 heterocycles. The Morgan fingerprint density at radius 2 is 1.80 bits per heavy atom. The minimum atomic E-state index is -0.412. The number of rotatable bonds is 7. The van der Waals surface area contributed by atoms with Crippen LogP contribution in [0.2, 0.25) is 0 Å². The van der Waals surface area contributed by atoms with Gasteiger partial charge in [0.1, 0.15) is 22.4 Å². The van der Waals surface area contributed by atoms with Gasteiger partial charge >= 0.3 is 0 Å². The third-order valence-corrected chi connectivity index (χ3v) is 6.98. The molecule has 0 aromatic heterocycles. The van der Waals surface area contributed by atoms with E-state index < -0.39 is 11.8 Å². The summed E-state index contributed by atoms with van der Waals surface area (Å²) in [6.07, 6.45) is 0. The van der Waals surface area contributed by atoms with E-state index in [0.29, 0.717) is 44.2 Å². The number of carbonyl (C=O) groups is 3. The maximum atomic E-state index is 13.5. The second-order valence-electron chi connectivity index (χ2n) is 8.40. The summed E-state index contributed by atoms with van der Waals surface area (Å²) in [6, 6.07) is 12.1. The third kappa shape index (κ3) is 4.76. The molecule has 182 valence electrons. The average molecular weight is 512 g/mol. The lowest BCUT2D eigenvalue weighted by atomic mass is 10.1. The van der Waals surface area contributed by atoms with Crippen molar-refractivity contribution in [2.24, 2.45) is 5.92 Å². The molecule has 8 nitrogen and oxygen atoms in total. The second-order valence-corrected chi connectivity index (χ2v) is 10.0. The lowest BCUT2D eigenvalue weighted by molar-refractivity contribution is -0.122. The van der Waals surface area contributed by atoms with Crippen LogP contribution in [-0.2, 0) is 14.4 Å². The van der Waals surface area contributed by atoms with Gasteiger partial charge in [-0.05, 0) is 24.1 Å². The molecule has 0 saturated carbocycles. The van der Waals surface area contributed by atoms with Gasteiger partial charge in [0.25, 0.3) is 11.8 Å². The highest BCUT2D eigenvalue weighted by Gasteiger charge is 2.42. The first kappa shape index (κ1) is 24.7. The van der Waals surface area contributed by atoms with Crippen LogP contribution in [-0.4, -0.2) is 54.3 Å². The topological polar surface area (TPSA) is 88.2 Å². The molecule has 0 aliphatic carbocycles. The molecule has 2 aliphatic heterocycles. The summed E-state index contributed by atoms with van der Waals surface area (Å²) in [5.41, 5.74) is 1.91. The number of carbonyl (C=O) groups excluding carboxylic acids is 3. The number of nitrogens with zero attached hydrogens (tertiary/aromatic N) is 2. The summed E-state index contributed by atoms with van der Waals surface area (Å²) in [5, 5.41) is 2.79. The molecule has 0 spiro atoms. The number of thioether (sulfide) groups is 1. The van der Waals surface area contributed by atoms with Crippen LogP contribution < -0.4 is 19.7 Å². The molecule has 2 aliphatic rings. The zero-order valence-corrected chi connectivity index (χ0v) is 21.4. The summed E-state index contributed by atoms with van der Waals surface area (Å²) in [6.45, 7) is 4.24. The summed E-state index contributed by atoms with van der Waals surface area (Å²) < 4.78 is 11.0. The molecular weight excluding hydrogens is 486 g/mol. The SMILES string of the molecule is COc1ccc(NC(=O)CN2C(=O)/C(=C3\SC(=S)N(CC(C)C)C3=O)c3ccccc32)c(OC)c1. The zero-order valence-electron chi connectivity index (χ0n) is 19.8. The molecular formula is C25H25N3O5S2. The fourth-order valence-corrected chi connectivity index (χ4v) is 5.31. The Balaban J connectivity index is 1.62. The van der Waals surface area contributed by atoms with E-state index in [2.05, 4.69) is 5.32 Å². The zero-order chi connectivity index (χ0) is 25.3. The van der Waals surface area contributed by atoms with Gasteiger partial charge in [0, 0.05) is 18.2 Å². The molecule has 1 fully saturated rings. The van der Waals surface area contributed by atoms with Crippen LogP contribution >= 0.6 is 24.0 Å². The molecule has 10 heteroatoms. The van der Waals surface area contributed by atoms with Gasteiger partial charge in [-0.15, -0.1) is 0 Å². The molecule has 0 unspecified atom stereocenters. The molecule has 2 aromatic rings. The molecule has 1 N–H and O–H groups in total. The minimum Gasteiger partial charge on any atom is -0.497 e. The van der Waals surface area contributed by atoms with Crippen molar-refractivity contribution in [1.29, 1.82) is 0 Å². The molecule has 3 amide bonds. The Morgan fingerprint density at radius 1 is 1.06 bits per heavy atom. The van der Waals surface area contributed by atoms with Gasteiger partial charge in [-0.25, -0.2) is 0 Å². The minimum absolute atomic E-state index is 0.226. The molecule has 0 bridgehead atoms. The number of ether oxygens (including phenoxy) is 2. The van der Waals surface area contributed by atoms with Crippen LogP contribution in [0.15, 0.2) is 47.4 Å². The summed E-state index contributed by atoms with van der Waals surface area (Å²) >= 11 is 6.56. The van der Waals surface area contributed by atoms with E-state index in [1.807, 2.05) is 13.8 Å². The number of nitrogens with one attached hydrogen (secondary N) is 1. The maximum Gasteiger partial charge on any atom is 0.267 e. The Bertz CT molecular complexity index is 1260. The number of hydrogen-bond donors (Lipinski definition) is 1. The van der Waals surface area contributed by atoms with Gasteiger partial charge in [0.05, 0.1) is 36.1 Å². The Hall–Kier alpha value is -3.37. The number of thiocarbonyl (C=S) groups is 1. The van der Waals surface area contributed by atoms with Crippen molar-refractivity contribution in [3.05, 3.63) is 52.9 Å². The Kier molecular flexibility index (Phi) is 7.13. The molecule has 0 atom stereocenters. The summed E-state index contributed by atoms with van der Waals surface area (Å²) in [5.74, 6) is 0.145. The van der Waals surface area contributed by atoms with E-state index in [4.69, 9.17) is 21.7 Å². The van der Waals surface area contributed by atoms with E-state index in [1.165, 1.54) is 24.0 Å². The fourth-order valence-electron chi connectivity index (χ4n) is 3.96. The third-order valence-electron chi connectivity index (χ3n) is 5.53. The first-order chi connectivity index (χ1) is 16.7. The van der Waals surface area contributed by atoms with E-state index in [1.54, 1.807) is 42.5 Å². The van der Waals surface area contributed by atoms with Crippen LogP contribution in [0.5, 0.6) is 11.5 Å². The van der Waals surface area contributed by atoms with Crippen LogP contribution in [0.4, 0.5) is 11.4 Å². The highest BCUT2D eigenvalue weighted by molar-refractivity contribution is 8.26. The van der Waals surface area contributed by atoms with Crippen molar-refractivity contribution >= 4 is 63.0 Å². The average Bonchev–Trinajstić information content (AvgIpc) is 3.26. The van der Waals surface area contributed by atoms with Crippen molar-refractivity contribution in [2.45, 2.75) is 13.8 Å². The molecule has 0 radical (unpaired) electrons. The van der Waals surface area contributed by atoms with E-state index in [0.717, 1.165) is 11.8 Å². The predicted molar refractivity (Wildman–Crippen MR) is 141 cm³/mol. The lowest BCUT2D eigenvalue weighted by Crippen LogP contribution is -2.36. The van der Waals surface area contributed by atoms with Gasteiger partial charge in [0.15, 0.2) is 0 Å². The van der Waals surface area contributed by atoms with Crippen LogP contribution in [0, 0.1) is 5.92 Å². The van der Waals surface area contributed by atoms with Gasteiger partial charge in [-0.2, -0.15) is 0 Å². The first-order valence-electron chi connectivity index (χ1n) is 11.0. The van der Waals surface area contributed by atoms with Gasteiger partial charge in [0.2, 0.25) is 5.91 Å². The highest BCUT2D eigenvalue weighted by Crippen LogP contribution is 2.44. The van der Waals surface area contributed by atoms with E-state index in [-0.39, 0.29) is 23.9 Å².